The molecule has 2 aliphatic heterocycles. The Morgan fingerprint density at radius 2 is 1.77 bits per heavy atom. The summed E-state index contributed by atoms with van der Waals surface area (Å²) in [5, 5.41) is 9.05. The molecule has 0 aromatic heterocycles. The Kier molecular flexibility index (Phi) is 5.44. The topological polar surface area (TPSA) is 45.5 Å². The Hall–Kier alpha value is -1.41. The van der Waals surface area contributed by atoms with Crippen molar-refractivity contribution in [2.24, 2.45) is 0 Å². The van der Waals surface area contributed by atoms with Gasteiger partial charge in [-0.15, -0.1) is 0 Å². The molecule has 118 valence electrons. The van der Waals surface area contributed by atoms with Crippen LogP contribution in [0.4, 0.5) is 0 Å². The molecule has 2 fully saturated rings. The molecule has 2 saturated heterocycles. The Morgan fingerprint density at radius 3 is 2.32 bits per heavy atom. The van der Waals surface area contributed by atoms with Gasteiger partial charge in [0, 0.05) is 32.8 Å². The number of hydrogen-bond acceptors (Lipinski definition) is 4. The van der Waals surface area contributed by atoms with Crippen molar-refractivity contribution >= 4 is 0 Å². The summed E-state index contributed by atoms with van der Waals surface area (Å²) in [6.45, 7) is 4.55. The monoisotopic (exact) mass is 300 g/mol. The summed E-state index contributed by atoms with van der Waals surface area (Å²) in [5.74, 6) is 0. The minimum absolute atomic E-state index is 0.348. The van der Waals surface area contributed by atoms with Crippen LogP contribution in [0.1, 0.15) is 36.8 Å². The molecule has 0 radical (unpaired) electrons. The van der Waals surface area contributed by atoms with Gasteiger partial charge in [-0.1, -0.05) is 12.1 Å². The summed E-state index contributed by atoms with van der Waals surface area (Å²) in [7, 11) is 0. The molecule has 0 spiro atoms. The van der Waals surface area contributed by atoms with Crippen molar-refractivity contribution in [3.8, 4) is 6.07 Å². The van der Waals surface area contributed by atoms with Crippen molar-refractivity contribution in [1.29, 1.82) is 5.26 Å². The maximum Gasteiger partial charge on any atom is 0.0991 e. The largest absolute Gasteiger partial charge is 0.377 e. The van der Waals surface area contributed by atoms with Crippen molar-refractivity contribution < 1.29 is 9.47 Å². The summed E-state index contributed by atoms with van der Waals surface area (Å²) in [5.41, 5.74) is 1.92. The first-order valence-corrected chi connectivity index (χ1v) is 8.28. The quantitative estimate of drug-likeness (QED) is 0.810. The number of rotatable bonds is 6. The maximum absolute atomic E-state index is 9.05. The van der Waals surface area contributed by atoms with E-state index in [1.807, 2.05) is 18.2 Å². The highest BCUT2D eigenvalue weighted by atomic mass is 16.5. The zero-order valence-electron chi connectivity index (χ0n) is 13.0. The van der Waals surface area contributed by atoms with E-state index in [1.54, 1.807) is 0 Å². The predicted octanol–water partition coefficient (Wildman–Crippen LogP) is 2.72. The lowest BCUT2D eigenvalue weighted by atomic mass is 10.1. The van der Waals surface area contributed by atoms with Crippen LogP contribution in [0.3, 0.4) is 0 Å². The van der Waals surface area contributed by atoms with E-state index in [0.717, 1.165) is 51.3 Å². The lowest BCUT2D eigenvalue weighted by Gasteiger charge is -2.27. The van der Waals surface area contributed by atoms with Gasteiger partial charge in [-0.3, -0.25) is 4.90 Å². The van der Waals surface area contributed by atoms with Crippen molar-refractivity contribution in [1.82, 2.24) is 4.90 Å². The summed E-state index contributed by atoms with van der Waals surface area (Å²) in [6.07, 6.45) is 5.34. The van der Waals surface area contributed by atoms with Gasteiger partial charge in [-0.2, -0.15) is 5.26 Å². The normalized spacial score (nSPS) is 24.7. The van der Waals surface area contributed by atoms with Crippen LogP contribution in [0.2, 0.25) is 0 Å². The molecule has 2 aliphatic rings. The second-order valence-corrected chi connectivity index (χ2v) is 6.28. The van der Waals surface area contributed by atoms with Gasteiger partial charge in [0.05, 0.1) is 23.8 Å². The van der Waals surface area contributed by atoms with E-state index in [1.165, 1.54) is 18.4 Å². The van der Waals surface area contributed by atoms with E-state index in [9.17, 15) is 0 Å². The van der Waals surface area contributed by atoms with Gasteiger partial charge in [0.2, 0.25) is 0 Å². The molecule has 0 amide bonds. The SMILES string of the molecule is N#Cc1cccc(CN(C[C@H]2CCCO2)C[C@@H]2CCCO2)c1. The van der Waals surface area contributed by atoms with Gasteiger partial charge >= 0.3 is 0 Å². The van der Waals surface area contributed by atoms with Crippen molar-refractivity contribution in [2.75, 3.05) is 26.3 Å². The van der Waals surface area contributed by atoms with Gasteiger partial charge in [-0.25, -0.2) is 0 Å². The van der Waals surface area contributed by atoms with Gasteiger partial charge in [0.15, 0.2) is 0 Å². The fraction of sp³-hybridized carbons (Fsp3) is 0.611. The Morgan fingerprint density at radius 1 is 1.09 bits per heavy atom. The molecule has 4 heteroatoms. The lowest BCUT2D eigenvalue weighted by Crippen LogP contribution is -2.37. The zero-order valence-corrected chi connectivity index (χ0v) is 13.0. The smallest absolute Gasteiger partial charge is 0.0991 e. The molecule has 0 N–H and O–H groups in total. The van der Waals surface area contributed by atoms with Crippen LogP contribution < -0.4 is 0 Å². The molecular formula is C18H24N2O2. The van der Waals surface area contributed by atoms with E-state index in [4.69, 9.17) is 14.7 Å². The first kappa shape index (κ1) is 15.5. The van der Waals surface area contributed by atoms with Gasteiger partial charge < -0.3 is 9.47 Å². The molecular weight excluding hydrogens is 276 g/mol. The molecule has 2 atom stereocenters. The van der Waals surface area contributed by atoms with Crippen LogP contribution in [-0.2, 0) is 16.0 Å². The Labute approximate surface area is 132 Å². The summed E-state index contributed by atoms with van der Waals surface area (Å²) < 4.78 is 11.6. The van der Waals surface area contributed by atoms with Gasteiger partial charge in [0.25, 0.3) is 0 Å². The van der Waals surface area contributed by atoms with Gasteiger partial charge in [0.1, 0.15) is 0 Å². The van der Waals surface area contributed by atoms with E-state index >= 15 is 0 Å². The summed E-state index contributed by atoms with van der Waals surface area (Å²) >= 11 is 0. The average molecular weight is 300 g/mol. The predicted molar refractivity (Wildman–Crippen MR) is 84.4 cm³/mol. The van der Waals surface area contributed by atoms with E-state index in [-0.39, 0.29) is 0 Å². The second-order valence-electron chi connectivity index (χ2n) is 6.28. The van der Waals surface area contributed by atoms with Crippen LogP contribution in [0.5, 0.6) is 0 Å². The minimum atomic E-state index is 0.348. The number of hydrogen-bond donors (Lipinski definition) is 0. The maximum atomic E-state index is 9.05. The molecule has 0 unspecified atom stereocenters. The lowest BCUT2D eigenvalue weighted by molar-refractivity contribution is 0.0346. The highest BCUT2D eigenvalue weighted by Gasteiger charge is 2.24. The standard InChI is InChI=1S/C18H24N2O2/c19-11-15-4-1-5-16(10-15)12-20(13-17-6-2-8-21-17)14-18-7-3-9-22-18/h1,4-5,10,17-18H,2-3,6-9,12-14H2/t17-,18+. The second kappa shape index (κ2) is 7.73. The molecule has 0 bridgehead atoms. The number of nitriles is 1. The third kappa shape index (κ3) is 4.30. The molecule has 4 nitrogen and oxygen atoms in total. The van der Waals surface area contributed by atoms with Crippen molar-refractivity contribution in [2.45, 2.75) is 44.4 Å². The number of benzene rings is 1. The van der Waals surface area contributed by atoms with Crippen LogP contribution in [0, 0.1) is 11.3 Å². The first-order chi connectivity index (χ1) is 10.8. The average Bonchev–Trinajstić information content (AvgIpc) is 3.21. The summed E-state index contributed by atoms with van der Waals surface area (Å²) in [4.78, 5) is 2.43. The fourth-order valence-electron chi connectivity index (χ4n) is 3.35. The zero-order chi connectivity index (χ0) is 15.2. The minimum Gasteiger partial charge on any atom is -0.377 e. The third-order valence-electron chi connectivity index (χ3n) is 4.43. The van der Waals surface area contributed by atoms with Crippen LogP contribution in [0.25, 0.3) is 0 Å². The number of ether oxygens (including phenoxy) is 2. The summed E-state index contributed by atoms with van der Waals surface area (Å²) in [6, 6.07) is 10.1. The molecule has 0 aliphatic carbocycles. The molecule has 2 heterocycles. The van der Waals surface area contributed by atoms with Crippen LogP contribution in [0.15, 0.2) is 24.3 Å². The Balaban J connectivity index is 1.64. The van der Waals surface area contributed by atoms with Crippen LogP contribution >= 0.6 is 0 Å². The number of nitrogens with zero attached hydrogens (tertiary/aromatic N) is 2. The highest BCUT2D eigenvalue weighted by molar-refractivity contribution is 5.32. The molecule has 3 rings (SSSR count). The van der Waals surface area contributed by atoms with E-state index in [2.05, 4.69) is 17.0 Å². The Bertz CT molecular complexity index is 496. The van der Waals surface area contributed by atoms with Crippen LogP contribution in [-0.4, -0.2) is 43.4 Å². The van der Waals surface area contributed by atoms with Crippen molar-refractivity contribution in [3.05, 3.63) is 35.4 Å². The highest BCUT2D eigenvalue weighted by Crippen LogP contribution is 2.19. The molecule has 1 aromatic rings. The van der Waals surface area contributed by atoms with Gasteiger partial charge in [-0.05, 0) is 43.4 Å². The molecule has 22 heavy (non-hydrogen) atoms. The van der Waals surface area contributed by atoms with E-state index < -0.39 is 0 Å². The fourth-order valence-corrected chi connectivity index (χ4v) is 3.35. The molecule has 1 aromatic carbocycles. The van der Waals surface area contributed by atoms with E-state index in [0.29, 0.717) is 12.2 Å². The van der Waals surface area contributed by atoms with Crippen molar-refractivity contribution in [3.63, 3.8) is 0 Å². The third-order valence-corrected chi connectivity index (χ3v) is 4.43. The molecule has 0 saturated carbocycles. The first-order valence-electron chi connectivity index (χ1n) is 8.28.